The van der Waals surface area contributed by atoms with Crippen LogP contribution in [0.15, 0.2) is 24.3 Å². The van der Waals surface area contributed by atoms with Crippen molar-refractivity contribution in [2.24, 2.45) is 5.41 Å². The number of urea groups is 1. The van der Waals surface area contributed by atoms with Gasteiger partial charge in [-0.15, -0.1) is 0 Å². The number of aromatic hydroxyl groups is 1. The summed E-state index contributed by atoms with van der Waals surface area (Å²) in [7, 11) is 1.53. The van der Waals surface area contributed by atoms with E-state index >= 15 is 0 Å². The third-order valence-corrected chi connectivity index (χ3v) is 2.92. The number of nitrogens with zero attached hydrogens (tertiary/aromatic N) is 1. The summed E-state index contributed by atoms with van der Waals surface area (Å²) in [6.07, 6.45) is 0. The van der Waals surface area contributed by atoms with Crippen LogP contribution in [-0.2, 0) is 4.79 Å². The van der Waals surface area contributed by atoms with E-state index < -0.39 is 23.5 Å². The SMILES string of the molecule is CN(C(=O)N[C@@H](C(=O)O)C(C)(C)C)c1ccc(O)cc1. The minimum atomic E-state index is -1.08. The second kappa shape index (κ2) is 5.81. The number of amides is 2. The summed E-state index contributed by atoms with van der Waals surface area (Å²) in [5.74, 6) is -0.981. The van der Waals surface area contributed by atoms with Crippen molar-refractivity contribution >= 4 is 17.7 Å². The van der Waals surface area contributed by atoms with Gasteiger partial charge in [0.1, 0.15) is 11.8 Å². The highest BCUT2D eigenvalue weighted by atomic mass is 16.4. The Balaban J connectivity index is 2.84. The highest BCUT2D eigenvalue weighted by molar-refractivity contribution is 5.94. The first kappa shape index (κ1) is 15.8. The largest absolute Gasteiger partial charge is 0.508 e. The molecule has 0 unspecified atom stereocenters. The van der Waals surface area contributed by atoms with Crippen molar-refractivity contribution in [3.8, 4) is 5.75 Å². The second-order valence-corrected chi connectivity index (χ2v) is 5.66. The van der Waals surface area contributed by atoms with E-state index in [2.05, 4.69) is 5.32 Å². The molecule has 0 heterocycles. The number of phenolic OH excluding ortho intramolecular Hbond substituents is 1. The number of carboxylic acids is 1. The smallest absolute Gasteiger partial charge is 0.326 e. The fraction of sp³-hybridized carbons (Fsp3) is 0.429. The normalized spacial score (nSPS) is 12.6. The molecule has 110 valence electrons. The number of anilines is 1. The molecule has 0 saturated carbocycles. The van der Waals surface area contributed by atoms with E-state index in [9.17, 15) is 19.8 Å². The summed E-state index contributed by atoms with van der Waals surface area (Å²) in [5.41, 5.74) is -0.0459. The molecule has 6 nitrogen and oxygen atoms in total. The van der Waals surface area contributed by atoms with Crippen LogP contribution in [0.25, 0.3) is 0 Å². The van der Waals surface area contributed by atoms with E-state index in [1.807, 2.05) is 0 Å². The van der Waals surface area contributed by atoms with E-state index in [1.54, 1.807) is 32.9 Å². The van der Waals surface area contributed by atoms with Crippen LogP contribution in [-0.4, -0.2) is 35.3 Å². The van der Waals surface area contributed by atoms with E-state index in [4.69, 9.17) is 0 Å². The van der Waals surface area contributed by atoms with E-state index in [-0.39, 0.29) is 5.75 Å². The number of hydrogen-bond donors (Lipinski definition) is 3. The average Bonchev–Trinajstić information content (AvgIpc) is 2.33. The number of aliphatic carboxylic acids is 1. The Kier molecular flexibility index (Phi) is 4.60. The number of carboxylic acid groups (broad SMARTS) is 1. The molecule has 0 fully saturated rings. The Labute approximate surface area is 118 Å². The molecule has 2 amide bonds. The molecule has 0 aliphatic rings. The first-order chi connectivity index (χ1) is 9.12. The Hall–Kier alpha value is -2.24. The third-order valence-electron chi connectivity index (χ3n) is 2.92. The van der Waals surface area contributed by atoms with Crippen LogP contribution in [0.2, 0.25) is 0 Å². The number of nitrogens with one attached hydrogen (secondary N) is 1. The van der Waals surface area contributed by atoms with Crippen molar-refractivity contribution in [3.63, 3.8) is 0 Å². The number of carbonyl (C=O) groups excluding carboxylic acids is 1. The van der Waals surface area contributed by atoms with Gasteiger partial charge in [-0.1, -0.05) is 20.8 Å². The summed E-state index contributed by atoms with van der Waals surface area (Å²) in [6.45, 7) is 5.23. The van der Waals surface area contributed by atoms with Crippen molar-refractivity contribution in [1.29, 1.82) is 0 Å². The van der Waals surface area contributed by atoms with Crippen molar-refractivity contribution in [2.45, 2.75) is 26.8 Å². The summed E-state index contributed by atoms with van der Waals surface area (Å²) >= 11 is 0. The predicted octanol–water partition coefficient (Wildman–Crippen LogP) is 2.04. The first-order valence-electron chi connectivity index (χ1n) is 6.19. The van der Waals surface area contributed by atoms with Crippen LogP contribution in [0.5, 0.6) is 5.75 Å². The zero-order valence-electron chi connectivity index (χ0n) is 12.0. The molecule has 0 aliphatic heterocycles. The van der Waals surface area contributed by atoms with Crippen molar-refractivity contribution in [2.75, 3.05) is 11.9 Å². The molecule has 0 saturated heterocycles. The number of carbonyl (C=O) groups is 2. The monoisotopic (exact) mass is 280 g/mol. The van der Waals surface area contributed by atoms with Crippen LogP contribution < -0.4 is 10.2 Å². The summed E-state index contributed by atoms with van der Waals surface area (Å²) in [5, 5.41) is 20.9. The third kappa shape index (κ3) is 3.88. The molecule has 1 atom stereocenters. The molecular formula is C14H20N2O4. The zero-order valence-corrected chi connectivity index (χ0v) is 12.0. The summed E-state index contributed by atoms with van der Waals surface area (Å²) in [6, 6.07) is 4.55. The van der Waals surface area contributed by atoms with Crippen LogP contribution >= 0.6 is 0 Å². The van der Waals surface area contributed by atoms with Crippen LogP contribution in [0.1, 0.15) is 20.8 Å². The quantitative estimate of drug-likeness (QED) is 0.790. The van der Waals surface area contributed by atoms with Gasteiger partial charge in [-0.2, -0.15) is 0 Å². The van der Waals surface area contributed by atoms with E-state index in [0.29, 0.717) is 5.69 Å². The summed E-state index contributed by atoms with van der Waals surface area (Å²) < 4.78 is 0. The van der Waals surface area contributed by atoms with Gasteiger partial charge in [0.05, 0.1) is 0 Å². The molecule has 0 radical (unpaired) electrons. The van der Waals surface area contributed by atoms with Gasteiger partial charge in [0.25, 0.3) is 0 Å². The van der Waals surface area contributed by atoms with E-state index in [0.717, 1.165) is 0 Å². The van der Waals surface area contributed by atoms with Gasteiger partial charge in [-0.05, 0) is 29.7 Å². The molecule has 0 bridgehead atoms. The molecule has 6 heteroatoms. The topological polar surface area (TPSA) is 89.9 Å². The van der Waals surface area contributed by atoms with Gasteiger partial charge >= 0.3 is 12.0 Å². The molecule has 0 aromatic heterocycles. The number of rotatable bonds is 3. The lowest BCUT2D eigenvalue weighted by Crippen LogP contribution is -2.52. The first-order valence-corrected chi connectivity index (χ1v) is 6.19. The zero-order chi connectivity index (χ0) is 15.5. The van der Waals surface area contributed by atoms with Crippen LogP contribution in [0, 0.1) is 5.41 Å². The standard InChI is InChI=1S/C14H20N2O4/c1-14(2,3)11(12(18)19)15-13(20)16(4)9-5-7-10(17)8-6-9/h5-8,11,17H,1-4H3,(H,15,20)(H,18,19)/t11-/m0/s1. The number of hydrogen-bond acceptors (Lipinski definition) is 3. The molecule has 1 aromatic carbocycles. The van der Waals surface area contributed by atoms with Crippen LogP contribution in [0.4, 0.5) is 10.5 Å². The molecule has 20 heavy (non-hydrogen) atoms. The lowest BCUT2D eigenvalue weighted by Gasteiger charge is -2.29. The maximum Gasteiger partial charge on any atom is 0.326 e. The lowest BCUT2D eigenvalue weighted by atomic mass is 9.87. The predicted molar refractivity (Wildman–Crippen MR) is 75.9 cm³/mol. The molecule has 0 spiro atoms. The Bertz CT molecular complexity index is 491. The van der Waals surface area contributed by atoms with Gasteiger partial charge < -0.3 is 15.5 Å². The summed E-state index contributed by atoms with van der Waals surface area (Å²) in [4.78, 5) is 24.6. The molecule has 1 aromatic rings. The van der Waals surface area contributed by atoms with Gasteiger partial charge in [-0.25, -0.2) is 9.59 Å². The van der Waals surface area contributed by atoms with Crippen molar-refractivity contribution in [1.82, 2.24) is 5.32 Å². The molecule has 0 aliphatic carbocycles. The van der Waals surface area contributed by atoms with Crippen LogP contribution in [0.3, 0.4) is 0 Å². The van der Waals surface area contributed by atoms with Gasteiger partial charge in [0, 0.05) is 12.7 Å². The number of benzene rings is 1. The average molecular weight is 280 g/mol. The number of phenols is 1. The highest BCUT2D eigenvalue weighted by Crippen LogP contribution is 2.21. The molecule has 1 rings (SSSR count). The fourth-order valence-corrected chi connectivity index (χ4v) is 1.66. The van der Waals surface area contributed by atoms with E-state index in [1.165, 1.54) is 24.1 Å². The van der Waals surface area contributed by atoms with Crippen molar-refractivity contribution in [3.05, 3.63) is 24.3 Å². The van der Waals surface area contributed by atoms with Gasteiger partial charge in [0.15, 0.2) is 0 Å². The van der Waals surface area contributed by atoms with Gasteiger partial charge in [-0.3, -0.25) is 4.90 Å². The van der Waals surface area contributed by atoms with Crippen molar-refractivity contribution < 1.29 is 19.8 Å². The lowest BCUT2D eigenvalue weighted by molar-refractivity contribution is -0.141. The molecular weight excluding hydrogens is 260 g/mol. The Morgan fingerprint density at radius 2 is 1.70 bits per heavy atom. The minimum absolute atomic E-state index is 0.0978. The maximum absolute atomic E-state index is 12.1. The minimum Gasteiger partial charge on any atom is -0.508 e. The fourth-order valence-electron chi connectivity index (χ4n) is 1.66. The Morgan fingerprint density at radius 1 is 1.20 bits per heavy atom. The molecule has 3 N–H and O–H groups in total. The maximum atomic E-state index is 12.1. The Morgan fingerprint density at radius 3 is 2.10 bits per heavy atom. The highest BCUT2D eigenvalue weighted by Gasteiger charge is 2.33. The second-order valence-electron chi connectivity index (χ2n) is 5.66. The van der Waals surface area contributed by atoms with Gasteiger partial charge in [0.2, 0.25) is 0 Å².